The molecule has 0 fully saturated rings. The average Bonchev–Trinajstić information content (AvgIpc) is 2.95. The van der Waals surface area contributed by atoms with Crippen molar-refractivity contribution in [3.05, 3.63) is 147 Å². The molecule has 4 aromatic carbocycles. The number of rotatable bonds is 9. The van der Waals surface area contributed by atoms with Crippen LogP contribution in [0.1, 0.15) is 45.4 Å². The highest BCUT2D eigenvalue weighted by molar-refractivity contribution is 7.89. The largest absolute Gasteiger partial charge is 0.423 e. The molecule has 0 amide bonds. The number of Topliss-reactive ketones (excluding diaryl/α,β-unsaturated/α-hetero) is 1. The third-order valence-electron chi connectivity index (χ3n) is 6.83. The Kier molecular flexibility index (Phi) is 7.98. The van der Waals surface area contributed by atoms with Crippen molar-refractivity contribution in [2.45, 2.75) is 30.2 Å². The Morgan fingerprint density at radius 3 is 2.23 bits per heavy atom. The zero-order valence-corrected chi connectivity index (χ0v) is 23.2. The van der Waals surface area contributed by atoms with Crippen LogP contribution in [0.5, 0.6) is 0 Å². The summed E-state index contributed by atoms with van der Waals surface area (Å²) in [4.78, 5) is 26.4. The Bertz CT molecular complexity index is 1820. The molecule has 0 aliphatic rings. The van der Waals surface area contributed by atoms with E-state index < -0.39 is 27.6 Å². The summed E-state index contributed by atoms with van der Waals surface area (Å²) in [6.07, 6.45) is -0.0822. The van der Waals surface area contributed by atoms with Crippen LogP contribution in [-0.4, -0.2) is 14.2 Å². The van der Waals surface area contributed by atoms with Crippen LogP contribution in [0.25, 0.3) is 11.0 Å². The molecule has 202 valence electrons. The van der Waals surface area contributed by atoms with Crippen LogP contribution in [0.3, 0.4) is 0 Å². The number of para-hydroxylation sites is 1. The number of fused-ring (bicyclic) bond motifs is 1. The lowest BCUT2D eigenvalue weighted by molar-refractivity contribution is 0.0968. The van der Waals surface area contributed by atoms with E-state index in [1.165, 1.54) is 18.2 Å². The van der Waals surface area contributed by atoms with Crippen molar-refractivity contribution < 1.29 is 17.6 Å². The van der Waals surface area contributed by atoms with Gasteiger partial charge >= 0.3 is 5.63 Å². The van der Waals surface area contributed by atoms with E-state index in [0.717, 1.165) is 5.56 Å². The van der Waals surface area contributed by atoms with Gasteiger partial charge in [0, 0.05) is 34.4 Å². The number of benzene rings is 4. The number of hydrogen-bond acceptors (Lipinski definition) is 5. The summed E-state index contributed by atoms with van der Waals surface area (Å²) in [6, 6.07) is 29.5. The van der Waals surface area contributed by atoms with E-state index in [1.54, 1.807) is 84.9 Å². The molecule has 1 heterocycles. The third kappa shape index (κ3) is 6.07. The van der Waals surface area contributed by atoms with E-state index in [1.807, 2.05) is 13.0 Å². The summed E-state index contributed by atoms with van der Waals surface area (Å²) < 4.78 is 35.7. The lowest BCUT2D eigenvalue weighted by Gasteiger charge is -2.29. The Hall–Kier alpha value is -4.04. The van der Waals surface area contributed by atoms with Crippen molar-refractivity contribution in [1.82, 2.24) is 4.72 Å². The minimum atomic E-state index is -4.05. The first-order valence-corrected chi connectivity index (χ1v) is 14.5. The molecule has 5 rings (SSSR count). The molecule has 0 saturated carbocycles. The van der Waals surface area contributed by atoms with E-state index in [-0.39, 0.29) is 17.1 Å². The molecule has 0 unspecified atom stereocenters. The number of ketones is 1. The van der Waals surface area contributed by atoms with Crippen LogP contribution < -0.4 is 10.3 Å². The predicted molar refractivity (Wildman–Crippen MR) is 156 cm³/mol. The van der Waals surface area contributed by atoms with Crippen LogP contribution in [0.15, 0.2) is 123 Å². The van der Waals surface area contributed by atoms with Gasteiger partial charge in [0.05, 0.1) is 10.9 Å². The van der Waals surface area contributed by atoms with Gasteiger partial charge in [-0.15, -0.1) is 0 Å². The smallest absolute Gasteiger partial charge is 0.336 e. The lowest BCUT2D eigenvalue weighted by atomic mass is 9.82. The van der Waals surface area contributed by atoms with Gasteiger partial charge in [0.1, 0.15) is 5.58 Å². The summed E-state index contributed by atoms with van der Waals surface area (Å²) in [6.45, 7) is 1.87. The normalized spacial score (nSPS) is 13.2. The average molecular weight is 572 g/mol. The van der Waals surface area contributed by atoms with Gasteiger partial charge in [0.2, 0.25) is 10.0 Å². The molecule has 8 heteroatoms. The molecule has 0 spiro atoms. The van der Waals surface area contributed by atoms with Gasteiger partial charge in [-0.25, -0.2) is 17.9 Å². The van der Waals surface area contributed by atoms with E-state index in [4.69, 9.17) is 16.0 Å². The molecule has 5 aromatic rings. The summed E-state index contributed by atoms with van der Waals surface area (Å²) in [5.74, 6) is -0.973. The molecule has 0 aliphatic carbocycles. The zero-order valence-electron chi connectivity index (χ0n) is 21.6. The fourth-order valence-electron chi connectivity index (χ4n) is 4.80. The Morgan fingerprint density at radius 2 is 1.52 bits per heavy atom. The maximum absolute atomic E-state index is 13.7. The fourth-order valence-corrected chi connectivity index (χ4v) is 6.19. The topological polar surface area (TPSA) is 93.5 Å². The quantitative estimate of drug-likeness (QED) is 0.155. The van der Waals surface area contributed by atoms with Crippen LogP contribution >= 0.6 is 11.6 Å². The van der Waals surface area contributed by atoms with E-state index in [2.05, 4.69) is 4.72 Å². The molecule has 1 aromatic heterocycles. The second-order valence-corrected chi connectivity index (χ2v) is 11.7. The van der Waals surface area contributed by atoms with E-state index in [9.17, 15) is 18.0 Å². The Balaban J connectivity index is 1.70. The Morgan fingerprint density at radius 1 is 0.875 bits per heavy atom. The highest BCUT2D eigenvalue weighted by Gasteiger charge is 2.33. The van der Waals surface area contributed by atoms with Crippen molar-refractivity contribution in [3.63, 3.8) is 0 Å². The molecule has 1 N–H and O–H groups in total. The number of hydrogen-bond donors (Lipinski definition) is 1. The van der Waals surface area contributed by atoms with Crippen molar-refractivity contribution >= 4 is 38.4 Å². The molecule has 40 heavy (non-hydrogen) atoms. The van der Waals surface area contributed by atoms with E-state index >= 15 is 0 Å². The van der Waals surface area contributed by atoms with Crippen LogP contribution in [-0.2, 0) is 10.0 Å². The van der Waals surface area contributed by atoms with Gasteiger partial charge in [0.25, 0.3) is 0 Å². The first kappa shape index (κ1) is 27.5. The second-order valence-electron chi connectivity index (χ2n) is 9.58. The monoisotopic (exact) mass is 571 g/mol. The number of halogens is 1. The Labute approximate surface area is 237 Å². The number of carbonyl (C=O) groups is 1. The number of sulfonamides is 1. The van der Waals surface area contributed by atoms with Crippen molar-refractivity contribution in [3.8, 4) is 0 Å². The first-order chi connectivity index (χ1) is 19.2. The highest BCUT2D eigenvalue weighted by Crippen LogP contribution is 2.39. The number of aryl methyl sites for hydroxylation is 1. The molecular formula is C32H26ClNO5S. The second kappa shape index (κ2) is 11.6. The minimum absolute atomic E-state index is 0.0822. The number of carbonyl (C=O) groups excluding carboxylic acids is 1. The maximum atomic E-state index is 13.7. The minimum Gasteiger partial charge on any atom is -0.423 e. The summed E-state index contributed by atoms with van der Waals surface area (Å²) in [5.41, 5.74) is 2.24. The van der Waals surface area contributed by atoms with Gasteiger partial charge in [-0.05, 0) is 48.4 Å². The van der Waals surface area contributed by atoms with Crippen molar-refractivity contribution in [2.24, 2.45) is 0 Å². The van der Waals surface area contributed by atoms with Gasteiger partial charge in [-0.1, -0.05) is 90.0 Å². The summed E-state index contributed by atoms with van der Waals surface area (Å²) in [5, 5.41) is 1.09. The van der Waals surface area contributed by atoms with Gasteiger partial charge in [-0.3, -0.25) is 4.79 Å². The molecular weight excluding hydrogens is 546 g/mol. The van der Waals surface area contributed by atoms with Crippen LogP contribution in [0.4, 0.5) is 0 Å². The third-order valence-corrected chi connectivity index (χ3v) is 8.54. The van der Waals surface area contributed by atoms with Crippen molar-refractivity contribution in [1.29, 1.82) is 0 Å². The summed E-state index contributed by atoms with van der Waals surface area (Å²) >= 11 is 6.17. The fraction of sp³-hybridized carbons (Fsp3) is 0.125. The first-order valence-electron chi connectivity index (χ1n) is 12.7. The lowest BCUT2D eigenvalue weighted by Crippen LogP contribution is -2.34. The zero-order chi connectivity index (χ0) is 28.3. The predicted octanol–water partition coefficient (Wildman–Crippen LogP) is 6.83. The van der Waals surface area contributed by atoms with Gasteiger partial charge in [-0.2, -0.15) is 0 Å². The van der Waals surface area contributed by atoms with Crippen LogP contribution in [0, 0.1) is 6.92 Å². The molecule has 0 radical (unpaired) electrons. The number of nitrogens with one attached hydrogen (secondary N) is 1. The summed E-state index contributed by atoms with van der Waals surface area (Å²) in [7, 11) is -4.05. The van der Waals surface area contributed by atoms with Crippen LogP contribution in [0.2, 0.25) is 5.02 Å². The molecule has 2 atom stereocenters. The van der Waals surface area contributed by atoms with Gasteiger partial charge < -0.3 is 4.42 Å². The van der Waals surface area contributed by atoms with Crippen molar-refractivity contribution in [2.75, 3.05) is 0 Å². The van der Waals surface area contributed by atoms with Gasteiger partial charge in [0.15, 0.2) is 5.78 Å². The maximum Gasteiger partial charge on any atom is 0.336 e. The van der Waals surface area contributed by atoms with E-state index in [0.29, 0.717) is 32.7 Å². The standard InChI is InChI=1S/C32H26ClNO5S/c1-21-11-17-25(18-12-21)40(37,38)34-32(23-13-15-24(33)16-14-23)28(19-29(35)22-7-3-2-4-8-22)27-20-31(36)39-30-10-6-5-9-26(27)30/h2-18,20,28,32,34H,19H2,1H3/t28-,32+/m0/s1. The SMILES string of the molecule is Cc1ccc(S(=O)(=O)N[C@H](c2ccc(Cl)cc2)[C@@H](CC(=O)c2ccccc2)c2cc(=O)oc3ccccc23)cc1. The highest BCUT2D eigenvalue weighted by atomic mass is 35.5. The molecule has 0 aliphatic heterocycles. The molecule has 6 nitrogen and oxygen atoms in total. The molecule has 0 bridgehead atoms. The molecule has 0 saturated heterocycles.